The van der Waals surface area contributed by atoms with E-state index in [9.17, 15) is 13.2 Å². The van der Waals surface area contributed by atoms with Gasteiger partial charge in [-0.05, 0) is 24.6 Å². The molecule has 3 aromatic carbocycles. The number of anilines is 1. The second-order valence-electron chi connectivity index (χ2n) is 6.79. The lowest BCUT2D eigenvalue weighted by atomic mass is 10.0. The molecule has 4 rings (SSSR count). The maximum atomic E-state index is 13.2. The van der Waals surface area contributed by atoms with E-state index in [1.807, 2.05) is 49.4 Å². The third-order valence-corrected chi connectivity index (χ3v) is 6.60. The number of para-hydroxylation sites is 1. The number of amides is 1. The Hall–Kier alpha value is -3.12. The van der Waals surface area contributed by atoms with E-state index < -0.39 is 10.0 Å². The van der Waals surface area contributed by atoms with Crippen LogP contribution in [0.1, 0.15) is 11.1 Å². The van der Waals surface area contributed by atoms with Crippen LogP contribution in [0.3, 0.4) is 0 Å². The first kappa shape index (κ1) is 18.3. The quantitative estimate of drug-likeness (QED) is 0.739. The number of nitrogens with zero attached hydrogens (tertiary/aromatic N) is 1. The summed E-state index contributed by atoms with van der Waals surface area (Å²) in [4.78, 5) is 12.8. The van der Waals surface area contributed by atoms with Gasteiger partial charge >= 0.3 is 0 Å². The zero-order chi connectivity index (χ0) is 19.7. The number of carbonyl (C=O) groups is 1. The van der Waals surface area contributed by atoms with Crippen LogP contribution in [0, 0.1) is 6.92 Å². The van der Waals surface area contributed by atoms with Crippen LogP contribution < -0.4 is 9.62 Å². The van der Waals surface area contributed by atoms with Crippen LogP contribution in [0.5, 0.6) is 0 Å². The minimum absolute atomic E-state index is 0.222. The summed E-state index contributed by atoms with van der Waals surface area (Å²) in [5, 5.41) is 2.82. The van der Waals surface area contributed by atoms with Gasteiger partial charge < -0.3 is 5.32 Å². The summed E-state index contributed by atoms with van der Waals surface area (Å²) in [7, 11) is -3.81. The summed E-state index contributed by atoms with van der Waals surface area (Å²) < 4.78 is 27.5. The van der Waals surface area contributed by atoms with Gasteiger partial charge in [-0.2, -0.15) is 0 Å². The van der Waals surface area contributed by atoms with Crippen LogP contribution >= 0.6 is 0 Å². The number of sulfonamides is 1. The number of hydrogen-bond acceptors (Lipinski definition) is 3. The van der Waals surface area contributed by atoms with Gasteiger partial charge in [0.25, 0.3) is 10.0 Å². The van der Waals surface area contributed by atoms with Crippen molar-refractivity contribution in [1.82, 2.24) is 5.32 Å². The lowest BCUT2D eigenvalue weighted by molar-refractivity contribution is -0.119. The molecule has 0 radical (unpaired) electrons. The average molecular weight is 392 g/mol. The van der Waals surface area contributed by atoms with Crippen molar-refractivity contribution in [3.05, 3.63) is 83.9 Å². The smallest absolute Gasteiger partial charge is 0.265 e. The molecule has 1 aliphatic rings. The lowest BCUT2D eigenvalue weighted by Crippen LogP contribution is -2.42. The summed E-state index contributed by atoms with van der Waals surface area (Å²) in [6.07, 6.45) is 0. The number of carbonyl (C=O) groups excluding carboxylic acids is 1. The van der Waals surface area contributed by atoms with E-state index in [4.69, 9.17) is 0 Å². The van der Waals surface area contributed by atoms with Crippen LogP contribution in [-0.2, 0) is 21.4 Å². The molecule has 28 heavy (non-hydrogen) atoms. The molecule has 1 amide bonds. The first-order valence-corrected chi connectivity index (χ1v) is 10.4. The monoisotopic (exact) mass is 392 g/mol. The van der Waals surface area contributed by atoms with Gasteiger partial charge in [0, 0.05) is 17.7 Å². The Morgan fingerprint density at radius 2 is 1.64 bits per heavy atom. The number of rotatable bonds is 4. The maximum absolute atomic E-state index is 13.2. The number of fused-ring (bicyclic) bond motifs is 3. The highest BCUT2D eigenvalue weighted by Gasteiger charge is 2.35. The minimum Gasteiger partial charge on any atom is -0.350 e. The van der Waals surface area contributed by atoms with Gasteiger partial charge in [-0.1, -0.05) is 66.2 Å². The van der Waals surface area contributed by atoms with Gasteiger partial charge in [-0.3, -0.25) is 9.10 Å². The molecule has 0 saturated heterocycles. The molecule has 1 aliphatic heterocycles. The Kier molecular flexibility index (Phi) is 4.65. The molecule has 0 aromatic heterocycles. The second-order valence-corrected chi connectivity index (χ2v) is 8.62. The minimum atomic E-state index is -3.81. The molecule has 0 saturated carbocycles. The van der Waals surface area contributed by atoms with E-state index >= 15 is 0 Å². The maximum Gasteiger partial charge on any atom is 0.265 e. The highest BCUT2D eigenvalue weighted by molar-refractivity contribution is 7.93. The number of nitrogens with one attached hydrogen (secondary N) is 1. The van der Waals surface area contributed by atoms with Gasteiger partial charge in [0.05, 0.1) is 10.6 Å². The second kappa shape index (κ2) is 7.13. The molecule has 1 heterocycles. The van der Waals surface area contributed by atoms with Gasteiger partial charge in [0.1, 0.15) is 6.54 Å². The third-order valence-electron chi connectivity index (χ3n) is 4.78. The third kappa shape index (κ3) is 3.27. The molecule has 0 aliphatic carbocycles. The molecule has 142 valence electrons. The molecular formula is C22H20N2O3S. The molecule has 1 N–H and O–H groups in total. The molecule has 0 fully saturated rings. The topological polar surface area (TPSA) is 66.5 Å². The predicted octanol–water partition coefficient (Wildman–Crippen LogP) is 3.49. The van der Waals surface area contributed by atoms with Crippen molar-refractivity contribution in [2.45, 2.75) is 18.4 Å². The Morgan fingerprint density at radius 1 is 0.929 bits per heavy atom. The summed E-state index contributed by atoms with van der Waals surface area (Å²) in [6, 6.07) is 22.0. The van der Waals surface area contributed by atoms with Gasteiger partial charge in [-0.15, -0.1) is 0 Å². The van der Waals surface area contributed by atoms with Gasteiger partial charge in [-0.25, -0.2) is 8.42 Å². The van der Waals surface area contributed by atoms with Crippen molar-refractivity contribution in [3.63, 3.8) is 0 Å². The normalized spacial score (nSPS) is 14.1. The number of aryl methyl sites for hydroxylation is 1. The first-order valence-electron chi connectivity index (χ1n) is 9.00. The summed E-state index contributed by atoms with van der Waals surface area (Å²) >= 11 is 0. The van der Waals surface area contributed by atoms with Crippen LogP contribution in [0.4, 0.5) is 5.69 Å². The Morgan fingerprint density at radius 3 is 2.43 bits per heavy atom. The SMILES string of the molecule is Cc1cccc(CNC(=O)CN2c3ccccc3-c3ccccc3S2(=O)=O)c1. The van der Waals surface area contributed by atoms with E-state index in [1.165, 1.54) is 4.31 Å². The highest BCUT2D eigenvalue weighted by atomic mass is 32.2. The molecule has 5 nitrogen and oxygen atoms in total. The standard InChI is InChI=1S/C22H20N2O3S/c1-16-7-6-8-17(13-16)14-23-22(25)15-24-20-11-4-2-9-18(20)19-10-3-5-12-21(19)28(24,26)27/h2-13H,14-15H2,1H3,(H,23,25). The molecule has 3 aromatic rings. The number of hydrogen-bond donors (Lipinski definition) is 1. The predicted molar refractivity (Wildman–Crippen MR) is 109 cm³/mol. The zero-order valence-corrected chi connectivity index (χ0v) is 16.2. The molecule has 6 heteroatoms. The summed E-state index contributed by atoms with van der Waals surface area (Å²) in [5.74, 6) is -0.348. The average Bonchev–Trinajstić information content (AvgIpc) is 2.70. The fourth-order valence-electron chi connectivity index (χ4n) is 3.46. The van der Waals surface area contributed by atoms with Crippen molar-refractivity contribution >= 4 is 21.6 Å². The lowest BCUT2D eigenvalue weighted by Gasteiger charge is -2.31. The van der Waals surface area contributed by atoms with E-state index in [0.717, 1.165) is 16.7 Å². The Balaban J connectivity index is 1.61. The van der Waals surface area contributed by atoms with Crippen molar-refractivity contribution in [3.8, 4) is 11.1 Å². The van der Waals surface area contributed by atoms with E-state index in [0.29, 0.717) is 17.8 Å². The summed E-state index contributed by atoms with van der Waals surface area (Å²) in [5.41, 5.74) is 4.07. The van der Waals surface area contributed by atoms with Crippen molar-refractivity contribution in [2.24, 2.45) is 0 Å². The molecule has 0 spiro atoms. The van der Waals surface area contributed by atoms with Crippen molar-refractivity contribution in [1.29, 1.82) is 0 Å². The van der Waals surface area contributed by atoms with Gasteiger partial charge in [0.2, 0.25) is 5.91 Å². The van der Waals surface area contributed by atoms with E-state index in [2.05, 4.69) is 5.32 Å². The summed E-state index contributed by atoms with van der Waals surface area (Å²) in [6.45, 7) is 2.08. The van der Waals surface area contributed by atoms with Crippen molar-refractivity contribution < 1.29 is 13.2 Å². The van der Waals surface area contributed by atoms with Crippen LogP contribution in [0.2, 0.25) is 0 Å². The molecular weight excluding hydrogens is 372 g/mol. The fourth-order valence-corrected chi connectivity index (χ4v) is 5.11. The van der Waals surface area contributed by atoms with Crippen molar-refractivity contribution in [2.75, 3.05) is 10.8 Å². The Labute approximate surface area is 164 Å². The first-order chi connectivity index (χ1) is 13.5. The van der Waals surface area contributed by atoms with E-state index in [1.54, 1.807) is 30.3 Å². The Bertz CT molecular complexity index is 1160. The highest BCUT2D eigenvalue weighted by Crippen LogP contribution is 2.42. The zero-order valence-electron chi connectivity index (χ0n) is 15.4. The van der Waals surface area contributed by atoms with Crippen LogP contribution in [-0.4, -0.2) is 20.9 Å². The largest absolute Gasteiger partial charge is 0.350 e. The van der Waals surface area contributed by atoms with E-state index in [-0.39, 0.29) is 17.3 Å². The molecule has 0 atom stereocenters. The molecule has 0 bridgehead atoms. The molecule has 0 unspecified atom stereocenters. The fraction of sp³-hybridized carbons (Fsp3) is 0.136. The van der Waals surface area contributed by atoms with Crippen LogP contribution in [0.25, 0.3) is 11.1 Å². The number of benzene rings is 3. The van der Waals surface area contributed by atoms with Gasteiger partial charge in [0.15, 0.2) is 0 Å². The van der Waals surface area contributed by atoms with Crippen LogP contribution in [0.15, 0.2) is 77.7 Å².